The molecule has 0 amide bonds. The van der Waals surface area contributed by atoms with E-state index in [1.165, 1.54) is 32.5 Å². The number of hydrogen-bond acceptors (Lipinski definition) is 2. The smallest absolute Gasteiger partial charge is 0.00975 e. The Hall–Kier alpha value is -0.0800. The zero-order valence-electron chi connectivity index (χ0n) is 10.3. The highest BCUT2D eigenvalue weighted by molar-refractivity contribution is 4.83. The first-order valence-corrected chi connectivity index (χ1v) is 5.80. The molecule has 1 rings (SSSR count). The molecule has 14 heavy (non-hydrogen) atoms. The molecular weight excluding hydrogens is 172 g/mol. The zero-order valence-corrected chi connectivity index (χ0v) is 10.3. The van der Waals surface area contributed by atoms with Crippen LogP contribution in [0.4, 0.5) is 0 Å². The van der Waals surface area contributed by atoms with Crippen molar-refractivity contribution in [3.05, 3.63) is 0 Å². The Morgan fingerprint density at radius 3 is 2.43 bits per heavy atom. The van der Waals surface area contributed by atoms with Crippen molar-refractivity contribution in [2.45, 2.75) is 52.5 Å². The highest BCUT2D eigenvalue weighted by atomic mass is 15.1. The second kappa shape index (κ2) is 4.19. The molecule has 2 nitrogen and oxygen atoms in total. The standard InChI is InChI=1S/C12H26N2/c1-11(2)7-9-14(10-11)8-5-6-12(3,4)13/h5-10,13H2,1-4H3. The van der Waals surface area contributed by atoms with E-state index in [0.29, 0.717) is 5.41 Å². The van der Waals surface area contributed by atoms with E-state index in [-0.39, 0.29) is 5.54 Å². The first kappa shape index (κ1) is 12.0. The van der Waals surface area contributed by atoms with Gasteiger partial charge in [-0.3, -0.25) is 0 Å². The van der Waals surface area contributed by atoms with Crippen LogP contribution < -0.4 is 5.73 Å². The molecule has 1 fully saturated rings. The molecule has 1 heterocycles. The lowest BCUT2D eigenvalue weighted by atomic mass is 9.93. The Kier molecular flexibility index (Phi) is 3.59. The van der Waals surface area contributed by atoms with Gasteiger partial charge in [0.05, 0.1) is 0 Å². The fourth-order valence-corrected chi connectivity index (χ4v) is 2.17. The average Bonchev–Trinajstić information content (AvgIpc) is 2.27. The summed E-state index contributed by atoms with van der Waals surface area (Å²) < 4.78 is 0. The SMILES string of the molecule is CC(C)(N)CCCN1CCC(C)(C)C1. The van der Waals surface area contributed by atoms with Crippen LogP contribution in [0.1, 0.15) is 47.0 Å². The molecule has 1 saturated heterocycles. The van der Waals surface area contributed by atoms with Crippen molar-refractivity contribution in [2.75, 3.05) is 19.6 Å². The molecule has 2 heteroatoms. The molecule has 0 bridgehead atoms. The van der Waals surface area contributed by atoms with E-state index in [1.54, 1.807) is 0 Å². The summed E-state index contributed by atoms with van der Waals surface area (Å²) in [6, 6.07) is 0. The Morgan fingerprint density at radius 2 is 2.00 bits per heavy atom. The molecule has 1 aliphatic heterocycles. The third kappa shape index (κ3) is 4.43. The van der Waals surface area contributed by atoms with Gasteiger partial charge < -0.3 is 10.6 Å². The van der Waals surface area contributed by atoms with Crippen molar-refractivity contribution in [3.8, 4) is 0 Å². The van der Waals surface area contributed by atoms with Crippen LogP contribution in [0.3, 0.4) is 0 Å². The molecule has 0 unspecified atom stereocenters. The summed E-state index contributed by atoms with van der Waals surface area (Å²) in [4.78, 5) is 2.58. The lowest BCUT2D eigenvalue weighted by Crippen LogP contribution is -2.33. The van der Waals surface area contributed by atoms with Crippen molar-refractivity contribution >= 4 is 0 Å². The molecule has 0 atom stereocenters. The monoisotopic (exact) mass is 198 g/mol. The van der Waals surface area contributed by atoms with E-state index in [2.05, 4.69) is 32.6 Å². The van der Waals surface area contributed by atoms with Gasteiger partial charge in [0.1, 0.15) is 0 Å². The molecule has 2 N–H and O–H groups in total. The summed E-state index contributed by atoms with van der Waals surface area (Å²) in [6.45, 7) is 12.7. The fourth-order valence-electron chi connectivity index (χ4n) is 2.17. The van der Waals surface area contributed by atoms with Crippen LogP contribution in [-0.4, -0.2) is 30.1 Å². The summed E-state index contributed by atoms with van der Waals surface area (Å²) in [5.74, 6) is 0. The van der Waals surface area contributed by atoms with Crippen molar-refractivity contribution in [1.29, 1.82) is 0 Å². The van der Waals surface area contributed by atoms with Crippen molar-refractivity contribution in [3.63, 3.8) is 0 Å². The summed E-state index contributed by atoms with van der Waals surface area (Å²) in [5, 5.41) is 0. The maximum atomic E-state index is 5.95. The number of likely N-dealkylation sites (tertiary alicyclic amines) is 1. The number of nitrogens with two attached hydrogens (primary N) is 1. The Balaban J connectivity index is 2.15. The molecule has 0 aromatic carbocycles. The van der Waals surface area contributed by atoms with Crippen molar-refractivity contribution < 1.29 is 0 Å². The van der Waals surface area contributed by atoms with E-state index in [4.69, 9.17) is 5.73 Å². The summed E-state index contributed by atoms with van der Waals surface area (Å²) >= 11 is 0. The minimum Gasteiger partial charge on any atom is -0.326 e. The van der Waals surface area contributed by atoms with Gasteiger partial charge >= 0.3 is 0 Å². The van der Waals surface area contributed by atoms with Gasteiger partial charge in [0.15, 0.2) is 0 Å². The highest BCUT2D eigenvalue weighted by Crippen LogP contribution is 2.28. The molecular formula is C12H26N2. The average molecular weight is 198 g/mol. The van der Waals surface area contributed by atoms with Crippen molar-refractivity contribution in [2.24, 2.45) is 11.1 Å². The number of hydrogen-bond donors (Lipinski definition) is 1. The maximum Gasteiger partial charge on any atom is 0.00975 e. The van der Waals surface area contributed by atoms with E-state index in [1.807, 2.05) is 0 Å². The molecule has 0 spiro atoms. The second-order valence-corrected chi connectivity index (χ2v) is 6.28. The number of nitrogens with zero attached hydrogens (tertiary/aromatic N) is 1. The van der Waals surface area contributed by atoms with Gasteiger partial charge in [-0.15, -0.1) is 0 Å². The summed E-state index contributed by atoms with van der Waals surface area (Å²) in [5.41, 5.74) is 6.50. The molecule has 84 valence electrons. The summed E-state index contributed by atoms with van der Waals surface area (Å²) in [6.07, 6.45) is 3.71. The largest absolute Gasteiger partial charge is 0.326 e. The van der Waals surface area contributed by atoms with Crippen LogP contribution in [0.2, 0.25) is 0 Å². The van der Waals surface area contributed by atoms with Crippen LogP contribution in [0.25, 0.3) is 0 Å². The molecule has 0 radical (unpaired) electrons. The lowest BCUT2D eigenvalue weighted by Gasteiger charge is -2.22. The van der Waals surface area contributed by atoms with Gasteiger partial charge in [-0.2, -0.15) is 0 Å². The third-order valence-corrected chi connectivity index (χ3v) is 3.05. The normalized spacial score (nSPS) is 22.9. The first-order chi connectivity index (χ1) is 6.29. The minimum atomic E-state index is 0.00917. The number of rotatable bonds is 4. The molecule has 0 saturated carbocycles. The lowest BCUT2D eigenvalue weighted by molar-refractivity contribution is 0.276. The van der Waals surface area contributed by atoms with Gasteiger partial charge in [0.25, 0.3) is 0 Å². The molecule has 0 aromatic heterocycles. The van der Waals surface area contributed by atoms with Crippen LogP contribution in [0.15, 0.2) is 0 Å². The molecule has 0 aliphatic carbocycles. The molecule has 1 aliphatic rings. The quantitative estimate of drug-likeness (QED) is 0.750. The van der Waals surface area contributed by atoms with E-state index >= 15 is 0 Å². The summed E-state index contributed by atoms with van der Waals surface area (Å²) in [7, 11) is 0. The minimum absolute atomic E-state index is 0.00917. The van der Waals surface area contributed by atoms with Gasteiger partial charge in [-0.25, -0.2) is 0 Å². The van der Waals surface area contributed by atoms with Gasteiger partial charge in [-0.1, -0.05) is 13.8 Å². The van der Waals surface area contributed by atoms with E-state index in [9.17, 15) is 0 Å². The highest BCUT2D eigenvalue weighted by Gasteiger charge is 2.28. The Bertz CT molecular complexity index is 179. The molecule has 0 aromatic rings. The second-order valence-electron chi connectivity index (χ2n) is 6.28. The Morgan fingerprint density at radius 1 is 1.36 bits per heavy atom. The van der Waals surface area contributed by atoms with Gasteiger partial charge in [-0.05, 0) is 51.6 Å². The topological polar surface area (TPSA) is 29.3 Å². The van der Waals surface area contributed by atoms with Crippen LogP contribution in [-0.2, 0) is 0 Å². The zero-order chi connectivity index (χ0) is 10.8. The Labute approximate surface area is 88.8 Å². The van der Waals surface area contributed by atoms with E-state index < -0.39 is 0 Å². The maximum absolute atomic E-state index is 5.95. The van der Waals surface area contributed by atoms with Crippen LogP contribution in [0, 0.1) is 5.41 Å². The predicted octanol–water partition coefficient (Wildman–Crippen LogP) is 2.24. The first-order valence-electron chi connectivity index (χ1n) is 5.80. The van der Waals surface area contributed by atoms with Gasteiger partial charge in [0.2, 0.25) is 0 Å². The van der Waals surface area contributed by atoms with Gasteiger partial charge in [0, 0.05) is 12.1 Å². The fraction of sp³-hybridized carbons (Fsp3) is 1.00. The third-order valence-electron chi connectivity index (χ3n) is 3.05. The van der Waals surface area contributed by atoms with Crippen LogP contribution in [0.5, 0.6) is 0 Å². The predicted molar refractivity (Wildman–Crippen MR) is 62.3 cm³/mol. The van der Waals surface area contributed by atoms with Crippen LogP contribution >= 0.6 is 0 Å². The van der Waals surface area contributed by atoms with Crippen molar-refractivity contribution in [1.82, 2.24) is 4.90 Å². The van der Waals surface area contributed by atoms with E-state index in [0.717, 1.165) is 6.42 Å².